The zero-order valence-electron chi connectivity index (χ0n) is 10.9. The van der Waals surface area contributed by atoms with E-state index in [0.29, 0.717) is 0 Å². The van der Waals surface area contributed by atoms with Crippen molar-refractivity contribution in [3.05, 3.63) is 59.2 Å². The first kappa shape index (κ1) is 12.8. The van der Waals surface area contributed by atoms with Gasteiger partial charge in [0.2, 0.25) is 0 Å². The van der Waals surface area contributed by atoms with Gasteiger partial charge in [0, 0.05) is 6.54 Å². The second-order valence-corrected chi connectivity index (χ2v) is 4.69. The highest BCUT2D eigenvalue weighted by Gasteiger charge is 2.06. The minimum atomic E-state index is -0.572. The van der Waals surface area contributed by atoms with Gasteiger partial charge in [-0.05, 0) is 36.1 Å². The smallest absolute Gasteiger partial charge is 0.0912 e. The lowest BCUT2D eigenvalue weighted by Crippen LogP contribution is -2.11. The van der Waals surface area contributed by atoms with E-state index in [1.54, 1.807) is 0 Å². The lowest BCUT2D eigenvalue weighted by Gasteiger charge is -2.11. The fraction of sp³-hybridized carbons (Fsp3) is 0.250. The van der Waals surface area contributed by atoms with Crippen molar-refractivity contribution in [2.45, 2.75) is 20.0 Å². The highest BCUT2D eigenvalue weighted by atomic mass is 16.3. The minimum Gasteiger partial charge on any atom is -0.387 e. The van der Waals surface area contributed by atoms with Gasteiger partial charge in [-0.15, -0.1) is 0 Å². The quantitative estimate of drug-likeness (QED) is 0.867. The van der Waals surface area contributed by atoms with E-state index in [1.165, 1.54) is 22.3 Å². The molecule has 94 valence electrons. The van der Waals surface area contributed by atoms with Crippen LogP contribution in [0, 0.1) is 13.8 Å². The fourth-order valence-corrected chi connectivity index (χ4v) is 2.07. The minimum absolute atomic E-state index is 0.253. The van der Waals surface area contributed by atoms with E-state index >= 15 is 0 Å². The summed E-state index contributed by atoms with van der Waals surface area (Å²) in [5, 5.41) is 9.66. The number of aliphatic hydroxyl groups excluding tert-OH is 1. The summed E-state index contributed by atoms with van der Waals surface area (Å²) in [4.78, 5) is 0. The molecule has 0 aliphatic heterocycles. The van der Waals surface area contributed by atoms with Crippen molar-refractivity contribution in [3.63, 3.8) is 0 Å². The number of hydrogen-bond donors (Lipinski definition) is 2. The summed E-state index contributed by atoms with van der Waals surface area (Å²) in [6.45, 7) is 4.45. The van der Waals surface area contributed by atoms with Gasteiger partial charge < -0.3 is 10.8 Å². The molecule has 2 nitrogen and oxygen atoms in total. The monoisotopic (exact) mass is 241 g/mol. The zero-order chi connectivity index (χ0) is 13.1. The highest BCUT2D eigenvalue weighted by molar-refractivity contribution is 5.68. The first-order chi connectivity index (χ1) is 8.61. The number of hydrogen-bond acceptors (Lipinski definition) is 2. The number of aryl methyl sites for hydroxylation is 2. The molecule has 0 radical (unpaired) electrons. The molecule has 0 spiro atoms. The largest absolute Gasteiger partial charge is 0.387 e. The molecule has 1 atom stereocenters. The first-order valence-electron chi connectivity index (χ1n) is 6.17. The lowest BCUT2D eigenvalue weighted by molar-refractivity contribution is 0.187. The molecule has 2 aromatic rings. The molecule has 0 fully saturated rings. The van der Waals surface area contributed by atoms with Crippen LogP contribution in [0.3, 0.4) is 0 Å². The summed E-state index contributed by atoms with van der Waals surface area (Å²) >= 11 is 0. The molecule has 1 unspecified atom stereocenters. The van der Waals surface area contributed by atoms with Crippen molar-refractivity contribution < 1.29 is 5.11 Å². The Balaban J connectivity index is 2.37. The molecule has 18 heavy (non-hydrogen) atoms. The van der Waals surface area contributed by atoms with Gasteiger partial charge in [-0.25, -0.2) is 0 Å². The molecule has 0 saturated carbocycles. The van der Waals surface area contributed by atoms with Crippen molar-refractivity contribution in [1.82, 2.24) is 0 Å². The van der Waals surface area contributed by atoms with Gasteiger partial charge >= 0.3 is 0 Å². The normalized spacial score (nSPS) is 12.4. The van der Waals surface area contributed by atoms with Gasteiger partial charge in [0.1, 0.15) is 0 Å². The number of benzene rings is 2. The Bertz CT molecular complexity index is 531. The topological polar surface area (TPSA) is 46.2 Å². The van der Waals surface area contributed by atoms with Gasteiger partial charge in [-0.1, -0.05) is 48.0 Å². The molecular weight excluding hydrogens is 222 g/mol. The summed E-state index contributed by atoms with van der Waals surface area (Å²) in [6.07, 6.45) is -0.572. The van der Waals surface area contributed by atoms with E-state index in [-0.39, 0.29) is 6.54 Å². The van der Waals surface area contributed by atoms with E-state index in [0.717, 1.165) is 5.56 Å². The Labute approximate surface area is 108 Å². The van der Waals surface area contributed by atoms with Crippen molar-refractivity contribution in [3.8, 4) is 11.1 Å². The molecule has 0 aliphatic carbocycles. The maximum Gasteiger partial charge on any atom is 0.0912 e. The molecule has 0 aromatic heterocycles. The average molecular weight is 241 g/mol. The van der Waals surface area contributed by atoms with Gasteiger partial charge in [0.15, 0.2) is 0 Å². The van der Waals surface area contributed by atoms with Crippen LogP contribution < -0.4 is 5.73 Å². The third kappa shape index (κ3) is 2.61. The van der Waals surface area contributed by atoms with E-state index < -0.39 is 6.10 Å². The summed E-state index contributed by atoms with van der Waals surface area (Å²) < 4.78 is 0. The molecule has 3 N–H and O–H groups in total. The third-order valence-electron chi connectivity index (χ3n) is 3.22. The molecule has 0 amide bonds. The summed E-state index contributed by atoms with van der Waals surface area (Å²) in [6, 6.07) is 14.4. The Kier molecular flexibility index (Phi) is 3.80. The van der Waals surface area contributed by atoms with Crippen LogP contribution in [0.2, 0.25) is 0 Å². The Morgan fingerprint density at radius 3 is 2.33 bits per heavy atom. The fourth-order valence-electron chi connectivity index (χ4n) is 2.07. The molecule has 2 heteroatoms. The molecule has 0 heterocycles. The maximum absolute atomic E-state index is 9.66. The van der Waals surface area contributed by atoms with Crippen LogP contribution >= 0.6 is 0 Å². The molecule has 2 rings (SSSR count). The van der Waals surface area contributed by atoms with Crippen molar-refractivity contribution >= 4 is 0 Å². The summed E-state index contributed by atoms with van der Waals surface area (Å²) in [7, 11) is 0. The van der Waals surface area contributed by atoms with Crippen molar-refractivity contribution in [2.24, 2.45) is 5.73 Å². The van der Waals surface area contributed by atoms with E-state index in [9.17, 15) is 5.11 Å². The third-order valence-corrected chi connectivity index (χ3v) is 3.22. The molecular formula is C16H19NO. The van der Waals surface area contributed by atoms with Crippen molar-refractivity contribution in [2.75, 3.05) is 6.54 Å². The van der Waals surface area contributed by atoms with Gasteiger partial charge in [0.25, 0.3) is 0 Å². The second kappa shape index (κ2) is 5.34. The first-order valence-corrected chi connectivity index (χ1v) is 6.17. The van der Waals surface area contributed by atoms with Crippen LogP contribution in [0.15, 0.2) is 42.5 Å². The molecule has 0 aliphatic rings. The Morgan fingerprint density at radius 2 is 1.72 bits per heavy atom. The maximum atomic E-state index is 9.66. The number of rotatable bonds is 3. The Hall–Kier alpha value is -1.64. The lowest BCUT2D eigenvalue weighted by atomic mass is 9.97. The van der Waals surface area contributed by atoms with E-state index in [2.05, 4.69) is 32.0 Å². The SMILES string of the molecule is Cc1ccc(C)c(-c2ccc(C(O)CN)cc2)c1. The number of aliphatic hydroxyl groups is 1. The van der Waals surface area contributed by atoms with Gasteiger partial charge in [-0.2, -0.15) is 0 Å². The van der Waals surface area contributed by atoms with E-state index in [1.807, 2.05) is 24.3 Å². The van der Waals surface area contributed by atoms with Crippen LogP contribution in [-0.2, 0) is 0 Å². The van der Waals surface area contributed by atoms with Gasteiger partial charge in [0.05, 0.1) is 6.10 Å². The van der Waals surface area contributed by atoms with Crippen LogP contribution in [-0.4, -0.2) is 11.7 Å². The predicted octanol–water partition coefficient (Wildman–Crippen LogP) is 2.96. The molecule has 2 aromatic carbocycles. The Morgan fingerprint density at radius 1 is 1.06 bits per heavy atom. The highest BCUT2D eigenvalue weighted by Crippen LogP contribution is 2.25. The second-order valence-electron chi connectivity index (χ2n) is 4.69. The summed E-state index contributed by atoms with van der Waals surface area (Å²) in [5.41, 5.74) is 11.2. The number of nitrogens with two attached hydrogens (primary N) is 1. The standard InChI is InChI=1S/C16H19NO/c1-11-3-4-12(2)15(9-11)13-5-7-14(8-6-13)16(18)10-17/h3-9,16,18H,10,17H2,1-2H3. The molecule has 0 bridgehead atoms. The predicted molar refractivity (Wildman–Crippen MR) is 75.4 cm³/mol. The van der Waals surface area contributed by atoms with Crippen molar-refractivity contribution in [1.29, 1.82) is 0 Å². The van der Waals surface area contributed by atoms with Crippen LogP contribution in [0.1, 0.15) is 22.8 Å². The van der Waals surface area contributed by atoms with E-state index in [4.69, 9.17) is 5.73 Å². The average Bonchev–Trinajstić information content (AvgIpc) is 2.41. The van der Waals surface area contributed by atoms with Crippen LogP contribution in [0.5, 0.6) is 0 Å². The molecule has 0 saturated heterocycles. The summed E-state index contributed by atoms with van der Waals surface area (Å²) in [5.74, 6) is 0. The van der Waals surface area contributed by atoms with Gasteiger partial charge in [-0.3, -0.25) is 0 Å². The van der Waals surface area contributed by atoms with Crippen LogP contribution in [0.25, 0.3) is 11.1 Å². The van der Waals surface area contributed by atoms with Crippen LogP contribution in [0.4, 0.5) is 0 Å². The zero-order valence-corrected chi connectivity index (χ0v) is 10.9.